The van der Waals surface area contributed by atoms with Crippen LogP contribution in [0.5, 0.6) is 11.5 Å². The van der Waals surface area contributed by atoms with Crippen LogP contribution in [0.2, 0.25) is 0 Å². The lowest BCUT2D eigenvalue weighted by molar-refractivity contribution is -0.112. The maximum absolute atomic E-state index is 14.0. The summed E-state index contributed by atoms with van der Waals surface area (Å²) >= 11 is 0. The number of ether oxygens (including phenoxy) is 2. The number of carbonyl (C=O) groups is 3. The minimum Gasteiger partial charge on any atom is -0.494 e. The molecule has 13 aromatic rings. The highest BCUT2D eigenvalue weighted by Crippen LogP contribution is 2.35. The maximum atomic E-state index is 14.0. The minimum atomic E-state index is -0.378. The molecule has 2 aliphatic heterocycles. The summed E-state index contributed by atoms with van der Waals surface area (Å²) < 4.78 is 15.8. The molecular weight excluding hydrogens is 1530 g/mol. The van der Waals surface area contributed by atoms with Crippen LogP contribution in [-0.4, -0.2) is 206 Å². The van der Waals surface area contributed by atoms with Gasteiger partial charge in [-0.2, -0.15) is 15.0 Å². The van der Waals surface area contributed by atoms with Crippen molar-refractivity contribution in [3.63, 3.8) is 0 Å². The Kier molecular flexibility index (Phi) is 26.7. The molecule has 7 aromatic carbocycles. The lowest BCUT2D eigenvalue weighted by Crippen LogP contribution is -2.44. The van der Waals surface area contributed by atoms with Crippen LogP contribution in [0.4, 0.5) is 69.0 Å². The third kappa shape index (κ3) is 20.4. The monoisotopic (exact) mass is 1630 g/mol. The topological polar surface area (TPSA) is 343 Å². The van der Waals surface area contributed by atoms with Crippen LogP contribution in [0.1, 0.15) is 25.5 Å². The molecule has 618 valence electrons. The lowest BCUT2D eigenvalue weighted by atomic mass is 10.1. The molecule has 0 spiro atoms. The number of likely N-dealkylation sites (N-methyl/N-ethyl adjacent to an activating group) is 4. The van der Waals surface area contributed by atoms with Crippen LogP contribution in [0.25, 0.3) is 61.8 Å². The normalized spacial score (nSPS) is 12.8. The van der Waals surface area contributed by atoms with Gasteiger partial charge >= 0.3 is 0 Å². The van der Waals surface area contributed by atoms with Crippen LogP contribution in [-0.2, 0) is 14.4 Å². The van der Waals surface area contributed by atoms with Crippen LogP contribution in [0, 0.1) is 0 Å². The average Bonchev–Trinajstić information content (AvgIpc) is 0.755. The predicted octanol–water partition coefficient (Wildman–Crippen LogP) is 11.4. The van der Waals surface area contributed by atoms with Crippen molar-refractivity contribution in [3.8, 4) is 39.8 Å². The highest BCUT2D eigenvalue weighted by atomic mass is 16.5. The van der Waals surface area contributed by atoms with Crippen molar-refractivity contribution in [1.29, 1.82) is 0 Å². The van der Waals surface area contributed by atoms with E-state index in [2.05, 4.69) is 142 Å². The highest BCUT2D eigenvalue weighted by Gasteiger charge is 2.24. The quantitative estimate of drug-likeness (QED) is 0.0289. The Morgan fingerprint density at radius 3 is 1.40 bits per heavy atom. The number of aromatic nitrogens is 12. The number of piperazine rings is 2. The van der Waals surface area contributed by atoms with E-state index in [-0.39, 0.29) is 57.9 Å². The molecule has 2 saturated heterocycles. The fourth-order valence-corrected chi connectivity index (χ4v) is 13.4. The molecule has 32 nitrogen and oxygen atoms in total. The fourth-order valence-electron chi connectivity index (χ4n) is 13.4. The Bertz CT molecular complexity index is 6180. The van der Waals surface area contributed by atoms with E-state index < -0.39 is 0 Å². The number of anilines is 12. The molecule has 2 aliphatic rings. The number of hydrogen-bond donors (Lipinski definition) is 6. The van der Waals surface area contributed by atoms with Crippen molar-refractivity contribution < 1.29 is 23.9 Å². The molecule has 32 heteroatoms. The first-order chi connectivity index (χ1) is 58.5. The molecule has 0 radical (unpaired) electrons. The van der Waals surface area contributed by atoms with E-state index in [4.69, 9.17) is 19.4 Å². The number of fused-ring (bicyclic) bond motifs is 3. The molecule has 0 bridgehead atoms. The van der Waals surface area contributed by atoms with E-state index in [0.717, 1.165) is 82.5 Å². The summed E-state index contributed by atoms with van der Waals surface area (Å²) in [5.74, 6) is 0.986. The minimum absolute atomic E-state index is 0.103. The zero-order valence-corrected chi connectivity index (χ0v) is 68.7. The summed E-state index contributed by atoms with van der Waals surface area (Å²) in [6.07, 6.45) is 9.51. The second kappa shape index (κ2) is 38.5. The number of nitrogens with zero attached hydrogens (tertiary/aromatic N) is 18. The molecule has 0 aliphatic carbocycles. The molecule has 6 aromatic heterocycles. The Morgan fingerprint density at radius 1 is 0.446 bits per heavy atom. The fraction of sp³-hybridized carbons (Fsp3) is 0.225. The summed E-state index contributed by atoms with van der Waals surface area (Å²) in [4.78, 5) is 131. The molecule has 0 saturated carbocycles. The lowest BCUT2D eigenvalue weighted by Gasteiger charge is -2.34. The van der Waals surface area contributed by atoms with Crippen molar-refractivity contribution in [1.82, 2.24) is 73.3 Å². The summed E-state index contributed by atoms with van der Waals surface area (Å²) in [6, 6.07) is 50.1. The van der Waals surface area contributed by atoms with Gasteiger partial charge in [0, 0.05) is 136 Å². The Hall–Kier alpha value is -14.9. The SMILES string of the molecule is C=CC(=O)Nc1cccc(-n2c(=O)c(-c3ccccc3)nc3cnc(Nc4ccc(N5CCN(C)CC5)cc4OC)nc32)c1.C=CC(=O)Nc1cccc(-n2c(=O)c(C(C)C)nc3cnc(Nc4ccc(N5CCN(C)CC5)cc4)nc32)c1.C=CC(=O)Nc1cccc(-n2c(=O)cnc3cnc(Nc4ccc(N(C)CCN(C)C)cc4OC)nc32)c1. The number of benzene rings is 7. The van der Waals surface area contributed by atoms with Gasteiger partial charge < -0.3 is 70.8 Å². The number of rotatable bonds is 25. The molecule has 121 heavy (non-hydrogen) atoms. The number of carbonyl (C=O) groups excluding carboxylic acids is 3. The van der Waals surface area contributed by atoms with Gasteiger partial charge in [-0.25, -0.2) is 29.9 Å². The Morgan fingerprint density at radius 2 is 0.901 bits per heavy atom. The van der Waals surface area contributed by atoms with Gasteiger partial charge in [-0.05, 0) is 150 Å². The molecule has 2 fully saturated rings. The summed E-state index contributed by atoms with van der Waals surface area (Å²) in [6.45, 7) is 24.1. The summed E-state index contributed by atoms with van der Waals surface area (Å²) in [5, 5.41) is 17.9. The van der Waals surface area contributed by atoms with E-state index >= 15 is 0 Å². The maximum Gasteiger partial charge on any atom is 0.283 e. The number of nitrogens with one attached hydrogen (secondary N) is 6. The zero-order valence-electron chi connectivity index (χ0n) is 68.7. The van der Waals surface area contributed by atoms with E-state index in [1.54, 1.807) is 106 Å². The average molecular weight is 1630 g/mol. The van der Waals surface area contributed by atoms with Gasteiger partial charge in [0.15, 0.2) is 16.9 Å². The van der Waals surface area contributed by atoms with E-state index in [1.807, 2.05) is 114 Å². The van der Waals surface area contributed by atoms with Crippen molar-refractivity contribution in [3.05, 3.63) is 263 Å². The molecule has 0 unspecified atom stereocenters. The Balaban J connectivity index is 0.000000157. The molecule has 8 heterocycles. The first-order valence-electron chi connectivity index (χ1n) is 39.1. The van der Waals surface area contributed by atoms with Crippen molar-refractivity contribution in [2.24, 2.45) is 0 Å². The van der Waals surface area contributed by atoms with Crippen molar-refractivity contribution in [2.45, 2.75) is 19.8 Å². The summed E-state index contributed by atoms with van der Waals surface area (Å²) in [7, 11) is 13.6. The van der Waals surface area contributed by atoms with Gasteiger partial charge in [0.1, 0.15) is 39.4 Å². The predicted molar refractivity (Wildman–Crippen MR) is 478 cm³/mol. The molecular formula is C89H94N24O8. The number of methoxy groups -OCH3 is 2. The van der Waals surface area contributed by atoms with Crippen LogP contribution >= 0.6 is 0 Å². The second-order valence-corrected chi connectivity index (χ2v) is 29.1. The van der Waals surface area contributed by atoms with Gasteiger partial charge in [0.2, 0.25) is 35.6 Å². The standard InChI is InChI=1S/C33H32N8O3.C29H32N8O2.C27H30N8O3/c1-4-29(42)35-23-11-8-12-25(19-23)41-31-27(36-30(32(41)43)22-9-6-5-7-10-22)21-34-33(38-31)37-26-14-13-24(20-28(26)44-3)40-17-15-39(2)16-18-40;1-5-25(38)31-21-7-6-8-23(17-21)37-27-24(33-26(19(2)3)28(37)39)18-30-29(34-27)32-20-9-11-22(12-10-20)36-15-13-35(4)14-16-36;1-6-24(36)30-18-8-7-9-20(14-18)35-25(37)17-28-22-16-29-27(32-26(22)35)31-21-11-10-19(15-23(21)38-5)34(4)13-12-33(2)3/h4-14,19-21H,1,15-18H2,2-3H3,(H,35,42)(H,34,37,38);5-12,17-19H,1,13-16H2,2-4H3,(H,31,38)(H,30,32,34);6-11,14-17H,1,12-13H2,2-5H3,(H,30,36)(H,29,31,32). The van der Waals surface area contributed by atoms with Crippen molar-refractivity contribution >= 4 is 120 Å². The smallest absolute Gasteiger partial charge is 0.283 e. The third-order valence-electron chi connectivity index (χ3n) is 20.0. The van der Waals surface area contributed by atoms with Crippen LogP contribution < -0.4 is 72.8 Å². The van der Waals surface area contributed by atoms with E-state index in [9.17, 15) is 28.8 Å². The number of hydrogen-bond acceptors (Lipinski definition) is 26. The van der Waals surface area contributed by atoms with Gasteiger partial charge in [-0.3, -0.25) is 42.5 Å². The van der Waals surface area contributed by atoms with Crippen molar-refractivity contribution in [2.75, 3.05) is 162 Å². The number of amides is 3. The van der Waals surface area contributed by atoms with E-state index in [0.29, 0.717) is 108 Å². The second-order valence-electron chi connectivity index (χ2n) is 29.1. The van der Waals surface area contributed by atoms with Gasteiger partial charge in [-0.15, -0.1) is 0 Å². The van der Waals surface area contributed by atoms with Gasteiger partial charge in [0.25, 0.3) is 16.7 Å². The largest absolute Gasteiger partial charge is 0.494 e. The van der Waals surface area contributed by atoms with Gasteiger partial charge in [0.05, 0.1) is 67.4 Å². The zero-order chi connectivity index (χ0) is 85.4. The molecule has 3 amide bonds. The third-order valence-corrected chi connectivity index (χ3v) is 20.0. The summed E-state index contributed by atoms with van der Waals surface area (Å²) in [5.41, 5.74) is 11.2. The highest BCUT2D eigenvalue weighted by molar-refractivity contribution is 6.00. The van der Waals surface area contributed by atoms with Gasteiger partial charge in [-0.1, -0.05) is 82.1 Å². The van der Waals surface area contributed by atoms with Crippen LogP contribution in [0.15, 0.2) is 241 Å². The molecule has 0 atom stereocenters. The Labute approximate surface area is 698 Å². The first-order valence-corrected chi connectivity index (χ1v) is 39.1. The van der Waals surface area contributed by atoms with E-state index in [1.165, 1.54) is 43.8 Å². The molecule has 15 rings (SSSR count). The molecule has 6 N–H and O–H groups in total. The first kappa shape index (κ1) is 84.0. The van der Waals surface area contributed by atoms with Crippen LogP contribution in [0.3, 0.4) is 0 Å².